The summed E-state index contributed by atoms with van der Waals surface area (Å²) in [4.78, 5) is 22.8. The Morgan fingerprint density at radius 2 is 1.89 bits per heavy atom. The van der Waals surface area contributed by atoms with Gasteiger partial charge in [0, 0.05) is 18.5 Å². The van der Waals surface area contributed by atoms with Crippen LogP contribution in [-0.2, 0) is 4.79 Å². The summed E-state index contributed by atoms with van der Waals surface area (Å²) in [7, 11) is 0. The highest BCUT2D eigenvalue weighted by Gasteiger charge is 2.04. The predicted molar refractivity (Wildman–Crippen MR) is 69.9 cm³/mol. The van der Waals surface area contributed by atoms with E-state index in [1.54, 1.807) is 12.1 Å². The molecule has 0 aliphatic rings. The van der Waals surface area contributed by atoms with Crippen LogP contribution in [0.4, 0.5) is 0 Å². The smallest absolute Gasteiger partial charge is 0.251 e. The molecule has 1 rings (SSSR count). The van der Waals surface area contributed by atoms with Crippen LogP contribution >= 0.6 is 0 Å². The second-order valence-electron chi connectivity index (χ2n) is 3.71. The van der Waals surface area contributed by atoms with Gasteiger partial charge in [-0.3, -0.25) is 9.59 Å². The Morgan fingerprint density at radius 1 is 1.17 bits per heavy atom. The summed E-state index contributed by atoms with van der Waals surface area (Å²) in [5.74, 6) is 2.11. The number of carbonyl (C=O) groups is 2. The van der Waals surface area contributed by atoms with E-state index in [0.29, 0.717) is 24.9 Å². The Kier molecular flexibility index (Phi) is 6.05. The van der Waals surface area contributed by atoms with Gasteiger partial charge in [0.15, 0.2) is 0 Å². The third kappa shape index (κ3) is 5.17. The average Bonchev–Trinajstić information content (AvgIpc) is 2.42. The lowest BCUT2D eigenvalue weighted by Gasteiger charge is -2.05. The molecule has 0 fully saturated rings. The van der Waals surface area contributed by atoms with Crippen LogP contribution in [0.2, 0.25) is 0 Å². The van der Waals surface area contributed by atoms with Crippen LogP contribution in [-0.4, -0.2) is 24.9 Å². The molecule has 4 heteroatoms. The van der Waals surface area contributed by atoms with Crippen molar-refractivity contribution in [3.63, 3.8) is 0 Å². The van der Waals surface area contributed by atoms with Crippen LogP contribution in [0.25, 0.3) is 0 Å². The molecule has 0 aliphatic carbocycles. The molecule has 0 atom stereocenters. The minimum atomic E-state index is -0.125. The molecule has 0 bridgehead atoms. The van der Waals surface area contributed by atoms with Gasteiger partial charge in [-0.1, -0.05) is 24.1 Å². The van der Waals surface area contributed by atoms with E-state index < -0.39 is 0 Å². The molecule has 2 N–H and O–H groups in total. The largest absolute Gasteiger partial charge is 0.352 e. The fourth-order valence-electron chi connectivity index (χ4n) is 1.38. The zero-order valence-corrected chi connectivity index (χ0v) is 10.1. The highest BCUT2D eigenvalue weighted by Crippen LogP contribution is 1.98. The van der Waals surface area contributed by atoms with Crippen LogP contribution in [0, 0.1) is 12.3 Å². The Bertz CT molecular complexity index is 435. The molecule has 0 saturated heterocycles. The van der Waals surface area contributed by atoms with Crippen LogP contribution in [0.5, 0.6) is 0 Å². The summed E-state index contributed by atoms with van der Waals surface area (Å²) in [6, 6.07) is 8.96. The fraction of sp³-hybridized carbons (Fsp3) is 0.286. The molecule has 0 spiro atoms. The molecule has 0 saturated carbocycles. The van der Waals surface area contributed by atoms with Gasteiger partial charge in [-0.25, -0.2) is 0 Å². The zero-order valence-electron chi connectivity index (χ0n) is 10.1. The maximum atomic E-state index is 11.6. The molecule has 0 heterocycles. The summed E-state index contributed by atoms with van der Waals surface area (Å²) < 4.78 is 0. The van der Waals surface area contributed by atoms with E-state index in [2.05, 4.69) is 16.6 Å². The van der Waals surface area contributed by atoms with Crippen LogP contribution in [0.1, 0.15) is 23.2 Å². The van der Waals surface area contributed by atoms with Gasteiger partial charge >= 0.3 is 0 Å². The third-order valence-electron chi connectivity index (χ3n) is 2.29. The minimum Gasteiger partial charge on any atom is -0.352 e. The Labute approximate surface area is 107 Å². The Hall–Kier alpha value is -2.28. The highest BCUT2D eigenvalue weighted by atomic mass is 16.2. The molecule has 0 radical (unpaired) electrons. The van der Waals surface area contributed by atoms with Crippen molar-refractivity contribution in [3.8, 4) is 12.3 Å². The number of rotatable bonds is 6. The first-order valence-corrected chi connectivity index (χ1v) is 5.77. The standard InChI is InChI=1S/C14H16N2O2/c1-2-10-15-13(17)9-6-11-16-14(18)12-7-4-3-5-8-12/h1,3-5,7-8H,6,9-11H2,(H,15,17)(H,16,18). The van der Waals surface area contributed by atoms with Crippen molar-refractivity contribution in [3.05, 3.63) is 35.9 Å². The molecule has 2 amide bonds. The van der Waals surface area contributed by atoms with Crippen molar-refractivity contribution in [2.24, 2.45) is 0 Å². The van der Waals surface area contributed by atoms with Crippen molar-refractivity contribution in [2.45, 2.75) is 12.8 Å². The Balaban J connectivity index is 2.17. The number of amides is 2. The maximum absolute atomic E-state index is 11.6. The van der Waals surface area contributed by atoms with E-state index in [1.807, 2.05) is 18.2 Å². The molecule has 4 nitrogen and oxygen atoms in total. The molecule has 1 aromatic carbocycles. The third-order valence-corrected chi connectivity index (χ3v) is 2.29. The van der Waals surface area contributed by atoms with Crippen LogP contribution in [0.15, 0.2) is 30.3 Å². The zero-order chi connectivity index (χ0) is 13.2. The van der Waals surface area contributed by atoms with Crippen molar-refractivity contribution >= 4 is 11.8 Å². The van der Waals surface area contributed by atoms with E-state index in [-0.39, 0.29) is 18.4 Å². The SMILES string of the molecule is C#CCNC(=O)CCCNC(=O)c1ccccc1. The lowest BCUT2D eigenvalue weighted by molar-refractivity contribution is -0.120. The topological polar surface area (TPSA) is 58.2 Å². The van der Waals surface area contributed by atoms with Gasteiger partial charge in [-0.2, -0.15) is 0 Å². The van der Waals surface area contributed by atoms with Crippen molar-refractivity contribution in [2.75, 3.05) is 13.1 Å². The van der Waals surface area contributed by atoms with Crippen molar-refractivity contribution in [1.82, 2.24) is 10.6 Å². The summed E-state index contributed by atoms with van der Waals surface area (Å²) >= 11 is 0. The predicted octanol–water partition coefficient (Wildman–Crippen LogP) is 0.946. The summed E-state index contributed by atoms with van der Waals surface area (Å²) in [6.07, 6.45) is 5.96. The molecule has 18 heavy (non-hydrogen) atoms. The molecular formula is C14H16N2O2. The van der Waals surface area contributed by atoms with Gasteiger partial charge in [-0.15, -0.1) is 6.42 Å². The van der Waals surface area contributed by atoms with E-state index in [1.165, 1.54) is 0 Å². The molecule has 0 aromatic heterocycles. The summed E-state index contributed by atoms with van der Waals surface area (Å²) in [5, 5.41) is 5.32. The minimum absolute atomic E-state index is 0.0955. The molecule has 94 valence electrons. The van der Waals surface area contributed by atoms with Gasteiger partial charge in [0.05, 0.1) is 6.54 Å². The van der Waals surface area contributed by atoms with Crippen LogP contribution in [0.3, 0.4) is 0 Å². The quantitative estimate of drug-likeness (QED) is 0.578. The lowest BCUT2D eigenvalue weighted by Crippen LogP contribution is -2.27. The molecular weight excluding hydrogens is 228 g/mol. The first-order chi connectivity index (χ1) is 8.74. The highest BCUT2D eigenvalue weighted by molar-refractivity contribution is 5.94. The number of hydrogen-bond donors (Lipinski definition) is 2. The summed E-state index contributed by atoms with van der Waals surface area (Å²) in [5.41, 5.74) is 0.620. The second kappa shape index (κ2) is 7.91. The van der Waals surface area contributed by atoms with Crippen molar-refractivity contribution in [1.29, 1.82) is 0 Å². The van der Waals surface area contributed by atoms with E-state index in [4.69, 9.17) is 6.42 Å². The van der Waals surface area contributed by atoms with E-state index >= 15 is 0 Å². The maximum Gasteiger partial charge on any atom is 0.251 e. The number of nitrogens with one attached hydrogen (secondary N) is 2. The van der Waals surface area contributed by atoms with Crippen LogP contribution < -0.4 is 10.6 Å². The average molecular weight is 244 g/mol. The molecule has 0 unspecified atom stereocenters. The van der Waals surface area contributed by atoms with Gasteiger partial charge < -0.3 is 10.6 Å². The number of hydrogen-bond acceptors (Lipinski definition) is 2. The first-order valence-electron chi connectivity index (χ1n) is 5.77. The number of carbonyl (C=O) groups excluding carboxylic acids is 2. The van der Waals surface area contributed by atoms with Gasteiger partial charge in [0.25, 0.3) is 5.91 Å². The van der Waals surface area contributed by atoms with E-state index in [9.17, 15) is 9.59 Å². The second-order valence-corrected chi connectivity index (χ2v) is 3.71. The lowest BCUT2D eigenvalue weighted by atomic mass is 10.2. The number of terminal acetylenes is 1. The van der Waals surface area contributed by atoms with Gasteiger partial charge in [0.1, 0.15) is 0 Å². The van der Waals surface area contributed by atoms with Crippen molar-refractivity contribution < 1.29 is 9.59 Å². The van der Waals surface area contributed by atoms with Gasteiger partial charge in [-0.05, 0) is 18.6 Å². The monoisotopic (exact) mass is 244 g/mol. The molecule has 0 aliphatic heterocycles. The fourth-order valence-corrected chi connectivity index (χ4v) is 1.38. The van der Waals surface area contributed by atoms with Gasteiger partial charge in [0.2, 0.25) is 5.91 Å². The Morgan fingerprint density at radius 3 is 2.56 bits per heavy atom. The first kappa shape index (κ1) is 13.8. The summed E-state index contributed by atoms with van der Waals surface area (Å²) in [6.45, 7) is 0.715. The normalized spacial score (nSPS) is 9.28. The van der Waals surface area contributed by atoms with E-state index in [0.717, 1.165) is 0 Å². The molecule has 1 aromatic rings. The number of benzene rings is 1.